The van der Waals surface area contributed by atoms with Gasteiger partial charge in [-0.15, -0.1) is 11.3 Å². The average Bonchev–Trinajstić information content (AvgIpc) is 3.08. The van der Waals surface area contributed by atoms with E-state index in [1.165, 1.54) is 17.4 Å². The van der Waals surface area contributed by atoms with E-state index < -0.39 is 11.7 Å². The Labute approximate surface area is 121 Å². The number of nitrogens with two attached hydrogens (primary N) is 1. The largest absolute Gasteiger partial charge is 0.416 e. The number of hydrogen-bond donors (Lipinski definition) is 1. The summed E-state index contributed by atoms with van der Waals surface area (Å²) < 4.78 is 42.8. The normalized spacial score (nSPS) is 11.8. The number of rotatable bonds is 2. The number of hydrogen-bond acceptors (Lipinski definition) is 5. The summed E-state index contributed by atoms with van der Waals surface area (Å²) in [6.07, 6.45) is -4.44. The number of anilines is 1. The summed E-state index contributed by atoms with van der Waals surface area (Å²) in [7, 11) is 0. The summed E-state index contributed by atoms with van der Waals surface area (Å²) in [6.45, 7) is 0. The summed E-state index contributed by atoms with van der Waals surface area (Å²) >= 11 is 1.43. The second kappa shape index (κ2) is 4.88. The summed E-state index contributed by atoms with van der Waals surface area (Å²) in [4.78, 5) is 4.95. The van der Waals surface area contributed by atoms with Crippen LogP contribution < -0.4 is 5.73 Å². The smallest absolute Gasteiger partial charge is 0.398 e. The van der Waals surface area contributed by atoms with E-state index in [0.717, 1.165) is 17.0 Å². The van der Waals surface area contributed by atoms with Gasteiger partial charge < -0.3 is 10.3 Å². The Morgan fingerprint density at radius 3 is 2.62 bits per heavy atom. The highest BCUT2D eigenvalue weighted by Crippen LogP contribution is 2.34. The molecule has 3 rings (SSSR count). The van der Waals surface area contributed by atoms with Crippen LogP contribution in [-0.2, 0) is 6.18 Å². The molecule has 4 nitrogen and oxygen atoms in total. The number of nitrogen functional groups attached to an aromatic ring is 1. The van der Waals surface area contributed by atoms with Crippen LogP contribution in [0.15, 0.2) is 40.2 Å². The van der Waals surface area contributed by atoms with Crippen molar-refractivity contribution in [2.45, 2.75) is 6.18 Å². The Balaban J connectivity index is 1.98. The first-order chi connectivity index (χ1) is 9.95. The van der Waals surface area contributed by atoms with Gasteiger partial charge in [0, 0.05) is 5.69 Å². The molecule has 1 aromatic carbocycles. The summed E-state index contributed by atoms with van der Waals surface area (Å²) in [5.74, 6) is 0.462. The van der Waals surface area contributed by atoms with Gasteiger partial charge in [0.25, 0.3) is 5.89 Å². The number of aromatic nitrogens is 2. The SMILES string of the molecule is Nc1cc(C(F)(F)F)ccc1-c1nc(-c2cccs2)no1. The Morgan fingerprint density at radius 2 is 2.00 bits per heavy atom. The predicted molar refractivity (Wildman–Crippen MR) is 72.5 cm³/mol. The fraction of sp³-hybridized carbons (Fsp3) is 0.0769. The fourth-order valence-electron chi connectivity index (χ4n) is 1.77. The molecular formula is C13H8F3N3OS. The molecule has 0 saturated heterocycles. The van der Waals surface area contributed by atoms with Crippen molar-refractivity contribution in [1.82, 2.24) is 10.1 Å². The van der Waals surface area contributed by atoms with Gasteiger partial charge in [0.15, 0.2) is 0 Å². The third kappa shape index (κ3) is 2.62. The monoisotopic (exact) mass is 311 g/mol. The number of thiophene rings is 1. The predicted octanol–water partition coefficient (Wildman–Crippen LogP) is 4.07. The Morgan fingerprint density at radius 1 is 1.19 bits per heavy atom. The van der Waals surface area contributed by atoms with Crippen molar-refractivity contribution in [2.75, 3.05) is 5.73 Å². The van der Waals surface area contributed by atoms with Crippen molar-refractivity contribution in [3.8, 4) is 22.2 Å². The Bertz CT molecular complexity index is 765. The van der Waals surface area contributed by atoms with Gasteiger partial charge in [-0.2, -0.15) is 18.2 Å². The van der Waals surface area contributed by atoms with Gasteiger partial charge in [0.2, 0.25) is 5.82 Å². The van der Waals surface area contributed by atoms with Gasteiger partial charge in [-0.3, -0.25) is 0 Å². The van der Waals surface area contributed by atoms with Crippen LogP contribution in [0.25, 0.3) is 22.2 Å². The molecule has 0 unspecified atom stereocenters. The Hall–Kier alpha value is -2.35. The molecular weight excluding hydrogens is 303 g/mol. The van der Waals surface area contributed by atoms with Gasteiger partial charge in [-0.05, 0) is 29.6 Å². The van der Waals surface area contributed by atoms with Crippen molar-refractivity contribution < 1.29 is 17.7 Å². The van der Waals surface area contributed by atoms with E-state index in [1.54, 1.807) is 0 Å². The molecule has 0 aliphatic carbocycles. The standard InChI is InChI=1S/C13H8F3N3OS/c14-13(15,16)7-3-4-8(9(17)6-7)12-18-11(19-20-12)10-2-1-5-21-10/h1-6H,17H2. The lowest BCUT2D eigenvalue weighted by molar-refractivity contribution is -0.137. The minimum atomic E-state index is -4.44. The van der Waals surface area contributed by atoms with Crippen molar-refractivity contribution in [3.63, 3.8) is 0 Å². The molecule has 0 saturated carbocycles. The van der Waals surface area contributed by atoms with Crippen molar-refractivity contribution in [1.29, 1.82) is 0 Å². The second-order valence-electron chi connectivity index (χ2n) is 4.20. The molecule has 0 atom stereocenters. The van der Waals surface area contributed by atoms with Crippen LogP contribution in [0.3, 0.4) is 0 Å². The average molecular weight is 311 g/mol. The van der Waals surface area contributed by atoms with Crippen LogP contribution >= 0.6 is 11.3 Å². The number of nitrogens with zero attached hydrogens (tertiary/aromatic N) is 2. The van der Waals surface area contributed by atoms with Crippen molar-refractivity contribution in [2.24, 2.45) is 0 Å². The first-order valence-electron chi connectivity index (χ1n) is 5.80. The maximum atomic E-state index is 12.6. The highest BCUT2D eigenvalue weighted by Gasteiger charge is 2.31. The van der Waals surface area contributed by atoms with Gasteiger partial charge in [-0.1, -0.05) is 11.2 Å². The lowest BCUT2D eigenvalue weighted by Crippen LogP contribution is -2.06. The highest BCUT2D eigenvalue weighted by atomic mass is 32.1. The van der Waals surface area contributed by atoms with Crippen molar-refractivity contribution >= 4 is 17.0 Å². The molecule has 3 aromatic rings. The molecule has 2 N–H and O–H groups in total. The molecule has 0 bridgehead atoms. The molecule has 0 radical (unpaired) electrons. The third-order valence-electron chi connectivity index (χ3n) is 2.78. The lowest BCUT2D eigenvalue weighted by Gasteiger charge is -2.08. The molecule has 0 aliphatic rings. The molecule has 108 valence electrons. The van der Waals surface area contributed by atoms with E-state index in [9.17, 15) is 13.2 Å². The van der Waals surface area contributed by atoms with Gasteiger partial charge in [0.1, 0.15) is 0 Å². The van der Waals surface area contributed by atoms with E-state index >= 15 is 0 Å². The third-order valence-corrected chi connectivity index (χ3v) is 3.64. The maximum absolute atomic E-state index is 12.6. The molecule has 0 spiro atoms. The summed E-state index contributed by atoms with van der Waals surface area (Å²) in [6, 6.07) is 6.66. The summed E-state index contributed by atoms with van der Waals surface area (Å²) in [5.41, 5.74) is 5.05. The van der Waals surface area contributed by atoms with Crippen LogP contribution in [0.4, 0.5) is 18.9 Å². The van der Waals surface area contributed by atoms with Crippen molar-refractivity contribution in [3.05, 3.63) is 41.3 Å². The maximum Gasteiger partial charge on any atom is 0.416 e. The van der Waals surface area contributed by atoms with E-state index in [0.29, 0.717) is 5.82 Å². The molecule has 8 heteroatoms. The topological polar surface area (TPSA) is 64.9 Å². The van der Waals surface area contributed by atoms with E-state index in [1.807, 2.05) is 17.5 Å². The van der Waals surface area contributed by atoms with Crippen LogP contribution in [0.1, 0.15) is 5.56 Å². The van der Waals surface area contributed by atoms with Gasteiger partial charge in [-0.25, -0.2) is 0 Å². The Kier molecular flexibility index (Phi) is 3.17. The van der Waals surface area contributed by atoms with Crippen LogP contribution in [0, 0.1) is 0 Å². The second-order valence-corrected chi connectivity index (χ2v) is 5.15. The summed E-state index contributed by atoms with van der Waals surface area (Å²) in [5, 5.41) is 5.65. The molecule has 0 fully saturated rings. The highest BCUT2D eigenvalue weighted by molar-refractivity contribution is 7.13. The minimum absolute atomic E-state index is 0.0637. The number of alkyl halides is 3. The molecule has 0 aliphatic heterocycles. The molecule has 2 aromatic heterocycles. The minimum Gasteiger partial charge on any atom is -0.398 e. The molecule has 21 heavy (non-hydrogen) atoms. The lowest BCUT2D eigenvalue weighted by atomic mass is 10.1. The van der Waals surface area contributed by atoms with Gasteiger partial charge in [0.05, 0.1) is 16.0 Å². The first-order valence-corrected chi connectivity index (χ1v) is 6.68. The van der Waals surface area contributed by atoms with E-state index in [-0.39, 0.29) is 17.1 Å². The zero-order valence-corrected chi connectivity index (χ0v) is 11.2. The fourth-order valence-corrected chi connectivity index (χ4v) is 2.42. The van der Waals surface area contributed by atoms with E-state index in [2.05, 4.69) is 10.1 Å². The number of benzene rings is 1. The quantitative estimate of drug-likeness (QED) is 0.725. The zero-order valence-electron chi connectivity index (χ0n) is 10.4. The molecule has 0 amide bonds. The number of halogens is 3. The van der Waals surface area contributed by atoms with E-state index in [4.69, 9.17) is 10.3 Å². The van der Waals surface area contributed by atoms with Crippen LogP contribution in [-0.4, -0.2) is 10.1 Å². The van der Waals surface area contributed by atoms with Crippen LogP contribution in [0.5, 0.6) is 0 Å². The molecule has 2 heterocycles. The van der Waals surface area contributed by atoms with Crippen LogP contribution in [0.2, 0.25) is 0 Å². The first kappa shape index (κ1) is 13.6. The van der Waals surface area contributed by atoms with Gasteiger partial charge >= 0.3 is 6.18 Å². The zero-order chi connectivity index (χ0) is 15.0.